The van der Waals surface area contributed by atoms with Crippen LogP contribution in [-0.2, 0) is 17.9 Å². The van der Waals surface area contributed by atoms with Gasteiger partial charge in [0.2, 0.25) is 5.91 Å². The van der Waals surface area contributed by atoms with Crippen LogP contribution < -0.4 is 14.8 Å². The van der Waals surface area contributed by atoms with Crippen molar-refractivity contribution in [2.75, 3.05) is 27.8 Å². The molecule has 5 nitrogen and oxygen atoms in total. The molecule has 0 aromatic heterocycles. The first-order valence-electron chi connectivity index (χ1n) is 7.92. The van der Waals surface area contributed by atoms with Gasteiger partial charge < -0.3 is 14.8 Å². The Morgan fingerprint density at radius 2 is 1.76 bits per heavy atom. The maximum Gasteiger partial charge on any atom is 0.234 e. The summed E-state index contributed by atoms with van der Waals surface area (Å²) in [5.74, 6) is 0.495. The first-order chi connectivity index (χ1) is 12.0. The number of rotatable bonds is 8. The molecule has 0 spiro atoms. The van der Waals surface area contributed by atoms with E-state index < -0.39 is 5.82 Å². The summed E-state index contributed by atoms with van der Waals surface area (Å²) in [5, 5.41) is 2.87. The Morgan fingerprint density at radius 3 is 2.36 bits per heavy atom. The lowest BCUT2D eigenvalue weighted by Gasteiger charge is -2.17. The predicted octanol–water partition coefficient (Wildman–Crippen LogP) is 2.59. The van der Waals surface area contributed by atoms with E-state index in [0.717, 1.165) is 16.9 Å². The van der Waals surface area contributed by atoms with Gasteiger partial charge in [-0.3, -0.25) is 9.69 Å². The molecule has 0 fully saturated rings. The molecule has 0 aliphatic heterocycles. The van der Waals surface area contributed by atoms with Crippen molar-refractivity contribution in [3.05, 3.63) is 59.4 Å². The van der Waals surface area contributed by atoms with E-state index in [1.54, 1.807) is 19.2 Å². The molecule has 0 atom stereocenters. The molecule has 1 amide bonds. The van der Waals surface area contributed by atoms with Gasteiger partial charge >= 0.3 is 0 Å². The molecule has 25 heavy (non-hydrogen) atoms. The van der Waals surface area contributed by atoms with Crippen molar-refractivity contribution in [1.29, 1.82) is 0 Å². The number of hydrogen-bond acceptors (Lipinski definition) is 4. The average molecular weight is 346 g/mol. The SMILES string of the molecule is COc1ccc(CNC(=O)CN(C)Cc2ccc(OC)c(F)c2)cc1. The Kier molecular flexibility index (Phi) is 6.77. The van der Waals surface area contributed by atoms with Gasteiger partial charge in [0, 0.05) is 13.1 Å². The molecule has 1 N–H and O–H groups in total. The normalized spacial score (nSPS) is 10.6. The summed E-state index contributed by atoms with van der Waals surface area (Å²) in [4.78, 5) is 13.9. The summed E-state index contributed by atoms with van der Waals surface area (Å²) in [6.07, 6.45) is 0. The number of carbonyl (C=O) groups is 1. The van der Waals surface area contributed by atoms with Crippen LogP contribution in [0.4, 0.5) is 4.39 Å². The van der Waals surface area contributed by atoms with E-state index >= 15 is 0 Å². The Bertz CT molecular complexity index is 704. The van der Waals surface area contributed by atoms with E-state index in [1.807, 2.05) is 36.2 Å². The third-order valence-electron chi connectivity index (χ3n) is 3.73. The number of benzene rings is 2. The van der Waals surface area contributed by atoms with Gasteiger partial charge in [-0.05, 0) is 42.4 Å². The molecule has 134 valence electrons. The summed E-state index contributed by atoms with van der Waals surface area (Å²) in [6, 6.07) is 12.3. The van der Waals surface area contributed by atoms with Gasteiger partial charge in [-0.25, -0.2) is 4.39 Å². The summed E-state index contributed by atoms with van der Waals surface area (Å²) in [7, 11) is 4.85. The second-order valence-electron chi connectivity index (χ2n) is 5.77. The zero-order valence-corrected chi connectivity index (χ0v) is 14.7. The fourth-order valence-corrected chi connectivity index (χ4v) is 2.42. The van der Waals surface area contributed by atoms with Crippen LogP contribution in [0.2, 0.25) is 0 Å². The molecule has 2 aromatic rings. The average Bonchev–Trinajstić information content (AvgIpc) is 2.60. The first kappa shape index (κ1) is 18.7. The van der Waals surface area contributed by atoms with Crippen molar-refractivity contribution in [1.82, 2.24) is 10.2 Å². The van der Waals surface area contributed by atoms with Crippen LogP contribution in [0.3, 0.4) is 0 Å². The Morgan fingerprint density at radius 1 is 1.08 bits per heavy atom. The summed E-state index contributed by atoms with van der Waals surface area (Å²) in [5.41, 5.74) is 1.78. The number of carbonyl (C=O) groups excluding carboxylic acids is 1. The molecule has 6 heteroatoms. The zero-order chi connectivity index (χ0) is 18.2. The molecule has 2 aromatic carbocycles. The van der Waals surface area contributed by atoms with Crippen molar-refractivity contribution < 1.29 is 18.7 Å². The van der Waals surface area contributed by atoms with Crippen LogP contribution in [0.1, 0.15) is 11.1 Å². The maximum atomic E-state index is 13.7. The van der Waals surface area contributed by atoms with Gasteiger partial charge in [-0.15, -0.1) is 0 Å². The number of amides is 1. The van der Waals surface area contributed by atoms with Gasteiger partial charge in [-0.2, -0.15) is 0 Å². The van der Waals surface area contributed by atoms with Crippen LogP contribution in [0, 0.1) is 5.82 Å². The minimum atomic E-state index is -0.405. The quantitative estimate of drug-likeness (QED) is 0.798. The molecule has 0 bridgehead atoms. The molecule has 0 unspecified atom stereocenters. The third kappa shape index (κ3) is 5.76. The molecule has 0 saturated heterocycles. The number of methoxy groups -OCH3 is 2. The predicted molar refractivity (Wildman–Crippen MR) is 94.1 cm³/mol. The van der Waals surface area contributed by atoms with Gasteiger partial charge in [0.1, 0.15) is 5.75 Å². The van der Waals surface area contributed by atoms with Crippen LogP contribution in [0.15, 0.2) is 42.5 Å². The fraction of sp³-hybridized carbons (Fsp3) is 0.316. The highest BCUT2D eigenvalue weighted by Gasteiger charge is 2.09. The molecule has 2 rings (SSSR count). The summed E-state index contributed by atoms with van der Waals surface area (Å²) < 4.78 is 23.7. The number of hydrogen-bond donors (Lipinski definition) is 1. The molecule has 0 aliphatic carbocycles. The Hall–Kier alpha value is -2.60. The van der Waals surface area contributed by atoms with E-state index in [1.165, 1.54) is 13.2 Å². The number of nitrogens with zero attached hydrogens (tertiary/aromatic N) is 1. The van der Waals surface area contributed by atoms with E-state index in [-0.39, 0.29) is 18.2 Å². The highest BCUT2D eigenvalue weighted by atomic mass is 19.1. The van der Waals surface area contributed by atoms with E-state index in [0.29, 0.717) is 13.1 Å². The van der Waals surface area contributed by atoms with Gasteiger partial charge in [0.05, 0.1) is 20.8 Å². The van der Waals surface area contributed by atoms with Crippen molar-refractivity contribution in [3.8, 4) is 11.5 Å². The van der Waals surface area contributed by atoms with E-state index in [2.05, 4.69) is 5.32 Å². The van der Waals surface area contributed by atoms with Crippen molar-refractivity contribution >= 4 is 5.91 Å². The number of ether oxygens (including phenoxy) is 2. The topological polar surface area (TPSA) is 50.8 Å². The lowest BCUT2D eigenvalue weighted by molar-refractivity contribution is -0.122. The van der Waals surface area contributed by atoms with Crippen molar-refractivity contribution in [2.24, 2.45) is 0 Å². The Labute approximate surface area is 147 Å². The zero-order valence-electron chi connectivity index (χ0n) is 14.7. The van der Waals surface area contributed by atoms with E-state index in [9.17, 15) is 9.18 Å². The fourth-order valence-electron chi connectivity index (χ4n) is 2.42. The first-order valence-corrected chi connectivity index (χ1v) is 7.92. The molecular formula is C19H23FN2O3. The summed E-state index contributed by atoms with van der Waals surface area (Å²) in [6.45, 7) is 1.15. The number of likely N-dealkylation sites (N-methyl/N-ethyl adjacent to an activating group) is 1. The van der Waals surface area contributed by atoms with Crippen LogP contribution in [-0.4, -0.2) is 38.6 Å². The number of halogens is 1. The second kappa shape index (κ2) is 9.03. The minimum Gasteiger partial charge on any atom is -0.497 e. The second-order valence-corrected chi connectivity index (χ2v) is 5.77. The van der Waals surface area contributed by atoms with E-state index in [4.69, 9.17) is 9.47 Å². The van der Waals surface area contributed by atoms with Crippen molar-refractivity contribution in [3.63, 3.8) is 0 Å². The highest BCUT2D eigenvalue weighted by Crippen LogP contribution is 2.18. The lowest BCUT2D eigenvalue weighted by Crippen LogP contribution is -2.34. The van der Waals surface area contributed by atoms with Crippen LogP contribution in [0.5, 0.6) is 11.5 Å². The molecule has 0 radical (unpaired) electrons. The highest BCUT2D eigenvalue weighted by molar-refractivity contribution is 5.77. The molecule has 0 aliphatic rings. The Balaban J connectivity index is 1.80. The largest absolute Gasteiger partial charge is 0.497 e. The third-order valence-corrected chi connectivity index (χ3v) is 3.73. The monoisotopic (exact) mass is 346 g/mol. The van der Waals surface area contributed by atoms with Crippen LogP contribution >= 0.6 is 0 Å². The lowest BCUT2D eigenvalue weighted by atomic mass is 10.2. The standard InChI is InChI=1S/C19H23FN2O3/c1-22(12-15-6-9-18(25-3)17(20)10-15)13-19(23)21-11-14-4-7-16(24-2)8-5-14/h4-10H,11-13H2,1-3H3,(H,21,23). The van der Waals surface area contributed by atoms with Gasteiger partial charge in [0.15, 0.2) is 11.6 Å². The molecule has 0 heterocycles. The van der Waals surface area contributed by atoms with Crippen LogP contribution in [0.25, 0.3) is 0 Å². The maximum absolute atomic E-state index is 13.7. The molecule has 0 saturated carbocycles. The number of nitrogens with one attached hydrogen (secondary N) is 1. The smallest absolute Gasteiger partial charge is 0.234 e. The van der Waals surface area contributed by atoms with Gasteiger partial charge in [-0.1, -0.05) is 18.2 Å². The van der Waals surface area contributed by atoms with Crippen molar-refractivity contribution in [2.45, 2.75) is 13.1 Å². The molecular weight excluding hydrogens is 323 g/mol. The minimum absolute atomic E-state index is 0.0905. The van der Waals surface area contributed by atoms with Gasteiger partial charge in [0.25, 0.3) is 0 Å². The summed E-state index contributed by atoms with van der Waals surface area (Å²) >= 11 is 0.